The van der Waals surface area contributed by atoms with Gasteiger partial charge in [-0.1, -0.05) is 0 Å². The van der Waals surface area contributed by atoms with Crippen molar-refractivity contribution >= 4 is 29.4 Å². The van der Waals surface area contributed by atoms with E-state index in [-0.39, 0.29) is 29.3 Å². The van der Waals surface area contributed by atoms with Crippen molar-refractivity contribution in [2.75, 3.05) is 44.7 Å². The highest BCUT2D eigenvalue weighted by atomic mass is 19.1. The summed E-state index contributed by atoms with van der Waals surface area (Å²) in [6, 6.07) is 3.17. The van der Waals surface area contributed by atoms with E-state index in [1.54, 1.807) is 13.0 Å². The maximum Gasteiger partial charge on any atom is 0.272 e. The number of fused-ring (bicyclic) bond motifs is 4. The van der Waals surface area contributed by atoms with Gasteiger partial charge in [0.25, 0.3) is 11.8 Å². The van der Waals surface area contributed by atoms with E-state index >= 15 is 0 Å². The number of nitrogens with one attached hydrogen (secondary N) is 1. The quantitative estimate of drug-likeness (QED) is 0.772. The zero-order chi connectivity index (χ0) is 22.4. The fraction of sp³-hybridized carbons (Fsp3) is 0.391. The first-order chi connectivity index (χ1) is 15.4. The zero-order valence-corrected chi connectivity index (χ0v) is 18.0. The van der Waals surface area contributed by atoms with E-state index in [9.17, 15) is 14.0 Å². The highest BCUT2D eigenvalue weighted by Gasteiger charge is 2.35. The lowest BCUT2D eigenvalue weighted by Crippen LogP contribution is -2.57. The molecule has 9 heteroatoms. The Hall–Kier alpha value is -3.33. The van der Waals surface area contributed by atoms with Crippen LogP contribution >= 0.6 is 0 Å². The van der Waals surface area contributed by atoms with Crippen molar-refractivity contribution < 1.29 is 18.7 Å². The van der Waals surface area contributed by atoms with Crippen molar-refractivity contribution in [1.82, 2.24) is 10.2 Å². The van der Waals surface area contributed by atoms with E-state index in [0.29, 0.717) is 36.7 Å². The van der Waals surface area contributed by atoms with Crippen LogP contribution in [0, 0.1) is 5.82 Å². The summed E-state index contributed by atoms with van der Waals surface area (Å²) in [5.74, 6) is -1.15. The van der Waals surface area contributed by atoms with Crippen molar-refractivity contribution in [3.63, 3.8) is 0 Å². The van der Waals surface area contributed by atoms with Crippen LogP contribution < -0.4 is 15.0 Å². The highest BCUT2D eigenvalue weighted by molar-refractivity contribution is 6.16. The molecule has 8 nitrogen and oxygen atoms in total. The van der Waals surface area contributed by atoms with Gasteiger partial charge in [-0.2, -0.15) is 0 Å². The van der Waals surface area contributed by atoms with Crippen molar-refractivity contribution in [3.8, 4) is 5.75 Å². The number of aliphatic imine (C=N–C) groups is 2. The van der Waals surface area contributed by atoms with Crippen molar-refractivity contribution in [2.45, 2.75) is 19.0 Å². The molecule has 1 aromatic carbocycles. The number of benzene rings is 1. The Morgan fingerprint density at radius 1 is 1.34 bits per heavy atom. The van der Waals surface area contributed by atoms with Crippen LogP contribution in [0.3, 0.4) is 0 Å². The Kier molecular flexibility index (Phi) is 5.13. The number of ether oxygens (including phenoxy) is 1. The molecule has 4 aliphatic rings. The first-order valence-corrected chi connectivity index (χ1v) is 10.7. The third-order valence-electron chi connectivity index (χ3n) is 6.26. The molecule has 0 bridgehead atoms. The van der Waals surface area contributed by atoms with E-state index in [0.717, 1.165) is 18.7 Å². The fourth-order valence-corrected chi connectivity index (χ4v) is 4.57. The average molecular weight is 437 g/mol. The molecule has 0 aromatic heterocycles. The monoisotopic (exact) mass is 437 g/mol. The third kappa shape index (κ3) is 3.52. The Balaban J connectivity index is 1.28. The number of carbonyl (C=O) groups is 2. The van der Waals surface area contributed by atoms with Crippen LogP contribution in [0.2, 0.25) is 0 Å². The summed E-state index contributed by atoms with van der Waals surface area (Å²) >= 11 is 0. The van der Waals surface area contributed by atoms with E-state index < -0.39 is 11.7 Å². The van der Waals surface area contributed by atoms with Crippen molar-refractivity contribution in [2.24, 2.45) is 9.98 Å². The van der Waals surface area contributed by atoms with Gasteiger partial charge in [0.05, 0.1) is 23.0 Å². The molecule has 5 rings (SSSR count). The topological polar surface area (TPSA) is 86.6 Å². The van der Waals surface area contributed by atoms with Crippen LogP contribution in [0.25, 0.3) is 0 Å². The lowest BCUT2D eigenvalue weighted by molar-refractivity contribution is -0.114. The number of piperazine rings is 1. The van der Waals surface area contributed by atoms with Gasteiger partial charge in [-0.25, -0.2) is 9.38 Å². The second-order valence-corrected chi connectivity index (χ2v) is 8.38. The number of anilines is 1. The summed E-state index contributed by atoms with van der Waals surface area (Å²) in [5.41, 5.74) is 2.99. The van der Waals surface area contributed by atoms with Crippen LogP contribution in [0.15, 0.2) is 45.4 Å². The molecular weight excluding hydrogens is 413 g/mol. The number of hydrogen-bond acceptors (Lipinski definition) is 6. The fourth-order valence-electron chi connectivity index (χ4n) is 4.57. The highest BCUT2D eigenvalue weighted by Crippen LogP contribution is 2.38. The number of carbonyl (C=O) groups excluding carboxylic acids is 2. The maximum atomic E-state index is 14.8. The van der Waals surface area contributed by atoms with E-state index in [2.05, 4.69) is 25.1 Å². The Bertz CT molecular complexity index is 1120. The van der Waals surface area contributed by atoms with Crippen LogP contribution in [-0.4, -0.2) is 80.6 Å². The van der Waals surface area contributed by atoms with Gasteiger partial charge in [-0.3, -0.25) is 19.5 Å². The number of nitrogens with zero attached hydrogens (tertiary/aromatic N) is 4. The summed E-state index contributed by atoms with van der Waals surface area (Å²) in [6.07, 6.45) is 5.66. The van der Waals surface area contributed by atoms with Crippen LogP contribution in [0.5, 0.6) is 5.75 Å². The summed E-state index contributed by atoms with van der Waals surface area (Å²) in [6.45, 7) is 5.04. The number of amides is 2. The normalized spacial score (nSPS) is 24.4. The minimum atomic E-state index is -0.618. The molecule has 1 saturated heterocycles. The smallest absolute Gasteiger partial charge is 0.272 e. The van der Waals surface area contributed by atoms with Gasteiger partial charge < -0.3 is 15.0 Å². The van der Waals surface area contributed by atoms with E-state index in [1.165, 1.54) is 13.1 Å². The standard InChI is InChI=1S/C23H24FN5O3/c1-13-7-17-18(27-22(13)30)8-14(9-26-17)10-28-5-6-29-15(11-28)12-32-21-19(29)4-3-16(20(21)24)23(31)25-2/h3-4,7-9,15,17H,5-6,10-12H2,1-2H3,(H,25,31)/t15-,17?/m0/s1. The molecule has 1 fully saturated rings. The molecule has 1 unspecified atom stereocenters. The van der Waals surface area contributed by atoms with Gasteiger partial charge in [0.1, 0.15) is 12.6 Å². The van der Waals surface area contributed by atoms with Gasteiger partial charge in [-0.15, -0.1) is 0 Å². The van der Waals surface area contributed by atoms with Gasteiger partial charge in [-0.05, 0) is 36.8 Å². The predicted molar refractivity (Wildman–Crippen MR) is 119 cm³/mol. The molecule has 32 heavy (non-hydrogen) atoms. The Labute approximate surface area is 185 Å². The first-order valence-electron chi connectivity index (χ1n) is 10.7. The molecule has 2 atom stereocenters. The van der Waals surface area contributed by atoms with Gasteiger partial charge in [0.15, 0.2) is 11.6 Å². The molecule has 0 saturated carbocycles. The summed E-state index contributed by atoms with van der Waals surface area (Å²) in [5, 5.41) is 2.45. The Morgan fingerprint density at radius 3 is 3.00 bits per heavy atom. The average Bonchev–Trinajstić information content (AvgIpc) is 2.79. The summed E-state index contributed by atoms with van der Waals surface area (Å²) in [7, 11) is 1.47. The van der Waals surface area contributed by atoms with Gasteiger partial charge in [0.2, 0.25) is 0 Å². The van der Waals surface area contributed by atoms with E-state index in [4.69, 9.17) is 4.74 Å². The molecular formula is C23H24FN5O3. The number of hydrogen-bond donors (Lipinski definition) is 1. The summed E-state index contributed by atoms with van der Waals surface area (Å²) in [4.78, 5) is 36.9. The number of rotatable bonds is 3. The van der Waals surface area contributed by atoms with Gasteiger partial charge >= 0.3 is 0 Å². The molecule has 1 N–H and O–H groups in total. The molecule has 1 aromatic rings. The largest absolute Gasteiger partial charge is 0.486 e. The molecule has 166 valence electrons. The third-order valence-corrected chi connectivity index (χ3v) is 6.26. The molecule has 0 aliphatic carbocycles. The van der Waals surface area contributed by atoms with Crippen LogP contribution in [0.4, 0.5) is 10.1 Å². The lowest BCUT2D eigenvalue weighted by Gasteiger charge is -2.45. The maximum absolute atomic E-state index is 14.8. The zero-order valence-electron chi connectivity index (χ0n) is 18.0. The Morgan fingerprint density at radius 2 is 2.19 bits per heavy atom. The minimum Gasteiger partial charge on any atom is -0.486 e. The molecule has 0 radical (unpaired) electrons. The number of dihydropyridines is 2. The predicted octanol–water partition coefficient (Wildman–Crippen LogP) is 1.38. The van der Waals surface area contributed by atoms with Crippen LogP contribution in [0.1, 0.15) is 17.3 Å². The SMILES string of the molecule is CNC(=O)c1ccc2c(c1F)OC[C@@H]1CN(CC3=CC4=NC(=O)C(C)=CC4N=C3)CCN21. The molecule has 4 aliphatic heterocycles. The first kappa shape index (κ1) is 20.6. The van der Waals surface area contributed by atoms with Crippen molar-refractivity contribution in [1.29, 1.82) is 0 Å². The second-order valence-electron chi connectivity index (χ2n) is 8.38. The summed E-state index contributed by atoms with van der Waals surface area (Å²) < 4.78 is 20.6. The lowest BCUT2D eigenvalue weighted by atomic mass is 9.99. The van der Waals surface area contributed by atoms with E-state index in [1.807, 2.05) is 18.4 Å². The molecule has 0 spiro atoms. The van der Waals surface area contributed by atoms with Crippen molar-refractivity contribution in [3.05, 3.63) is 46.8 Å². The number of halogens is 1. The molecule has 4 heterocycles. The minimum absolute atomic E-state index is 0.0145. The molecule has 2 amide bonds. The van der Waals surface area contributed by atoms with Crippen LogP contribution in [-0.2, 0) is 4.79 Å². The second kappa shape index (κ2) is 7.98. The van der Waals surface area contributed by atoms with Gasteiger partial charge in [0, 0.05) is 45.0 Å².